The van der Waals surface area contributed by atoms with Gasteiger partial charge in [0.1, 0.15) is 5.58 Å². The van der Waals surface area contributed by atoms with Gasteiger partial charge in [0.05, 0.1) is 22.1 Å². The Balaban J connectivity index is 1.57. The van der Waals surface area contributed by atoms with Gasteiger partial charge in [0.2, 0.25) is 0 Å². The van der Waals surface area contributed by atoms with Crippen LogP contribution in [0.4, 0.5) is 5.69 Å². The van der Waals surface area contributed by atoms with Crippen molar-refractivity contribution >= 4 is 45.5 Å². The van der Waals surface area contributed by atoms with Gasteiger partial charge in [-0.15, -0.1) is 0 Å². The molecule has 0 saturated heterocycles. The Bertz CT molecular complexity index is 1100. The maximum atomic E-state index is 12.7. The number of halogens is 1. The van der Waals surface area contributed by atoms with Gasteiger partial charge in [-0.1, -0.05) is 37.4 Å². The van der Waals surface area contributed by atoms with Crippen LogP contribution >= 0.6 is 22.9 Å². The van der Waals surface area contributed by atoms with Crippen LogP contribution < -0.4 is 16.0 Å². The van der Waals surface area contributed by atoms with Crippen molar-refractivity contribution in [2.45, 2.75) is 44.2 Å². The van der Waals surface area contributed by atoms with Gasteiger partial charge in [-0.25, -0.2) is 0 Å². The Morgan fingerprint density at radius 3 is 2.90 bits per heavy atom. The van der Waals surface area contributed by atoms with Crippen molar-refractivity contribution in [3.05, 3.63) is 63.3 Å². The van der Waals surface area contributed by atoms with Crippen LogP contribution in [0.25, 0.3) is 11.0 Å². The van der Waals surface area contributed by atoms with Gasteiger partial charge in [0, 0.05) is 17.5 Å². The highest BCUT2D eigenvalue weighted by atomic mass is 35.5. The van der Waals surface area contributed by atoms with E-state index in [1.54, 1.807) is 17.4 Å². The molecule has 3 N–H and O–H groups in total. The first-order valence-corrected chi connectivity index (χ1v) is 11.2. The van der Waals surface area contributed by atoms with E-state index >= 15 is 0 Å². The molecule has 1 amide bonds. The second-order valence-corrected chi connectivity index (χ2v) is 9.01. The van der Waals surface area contributed by atoms with Gasteiger partial charge >= 0.3 is 0 Å². The van der Waals surface area contributed by atoms with Crippen molar-refractivity contribution < 1.29 is 9.21 Å². The van der Waals surface area contributed by atoms with Gasteiger partial charge in [0.25, 0.3) is 5.91 Å². The summed E-state index contributed by atoms with van der Waals surface area (Å²) in [5, 5.41) is 15.2. The zero-order valence-corrected chi connectivity index (χ0v) is 17.5. The van der Waals surface area contributed by atoms with Crippen LogP contribution in [0.3, 0.4) is 0 Å². The highest BCUT2D eigenvalue weighted by Crippen LogP contribution is 2.49. The minimum atomic E-state index is -0.263. The van der Waals surface area contributed by atoms with Crippen molar-refractivity contribution in [1.82, 2.24) is 10.6 Å². The van der Waals surface area contributed by atoms with Gasteiger partial charge in [0.15, 0.2) is 5.76 Å². The second kappa shape index (κ2) is 7.11. The SMILES string of the molecule is C=C1Nc2c(Cl)cc3cc(C(=O)NCc4ccsc4)oc3c2C2(CCCCC2)N1. The van der Waals surface area contributed by atoms with Gasteiger partial charge in [-0.2, -0.15) is 11.3 Å². The number of benzene rings is 1. The molecule has 29 heavy (non-hydrogen) atoms. The summed E-state index contributed by atoms with van der Waals surface area (Å²) in [5.41, 5.74) is 3.39. The van der Waals surface area contributed by atoms with Crippen LogP contribution in [-0.4, -0.2) is 5.91 Å². The number of carbonyl (C=O) groups excluding carboxylic acids is 1. The standard InChI is InChI=1S/C22H22ClN3O2S/c1-13-25-19-16(23)9-15-10-17(21(27)24-11-14-5-8-29-12-14)28-20(15)18(19)22(26-13)6-3-2-4-7-22/h5,8-10,12,25-26H,1-4,6-7,11H2,(H,24,27). The van der Waals surface area contributed by atoms with E-state index in [-0.39, 0.29) is 11.4 Å². The third-order valence-corrected chi connectivity index (χ3v) is 6.90. The smallest absolute Gasteiger partial charge is 0.287 e. The minimum absolute atomic E-state index is 0.226. The molecule has 3 aromatic rings. The van der Waals surface area contributed by atoms with E-state index in [4.69, 9.17) is 16.0 Å². The summed E-state index contributed by atoms with van der Waals surface area (Å²) in [4.78, 5) is 12.7. The van der Waals surface area contributed by atoms with Gasteiger partial charge < -0.3 is 20.4 Å². The number of hydrogen-bond acceptors (Lipinski definition) is 5. The predicted molar refractivity (Wildman–Crippen MR) is 117 cm³/mol. The van der Waals surface area contributed by atoms with E-state index in [1.165, 1.54) is 6.42 Å². The number of hydrogen-bond donors (Lipinski definition) is 3. The summed E-state index contributed by atoms with van der Waals surface area (Å²) in [6.07, 6.45) is 5.44. The number of amides is 1. The lowest BCUT2D eigenvalue weighted by molar-refractivity contribution is 0.0925. The molecule has 0 unspecified atom stereocenters. The lowest BCUT2D eigenvalue weighted by atomic mass is 9.74. The molecule has 1 aliphatic heterocycles. The Hall–Kier alpha value is -2.44. The maximum absolute atomic E-state index is 12.7. The molecule has 0 bridgehead atoms. The first-order chi connectivity index (χ1) is 14.1. The molecule has 5 rings (SSSR count). The molecule has 2 aromatic heterocycles. The summed E-state index contributed by atoms with van der Waals surface area (Å²) in [6, 6.07) is 5.64. The molecule has 0 atom stereocenters. The largest absolute Gasteiger partial charge is 0.450 e. The molecule has 3 heterocycles. The Morgan fingerprint density at radius 2 is 2.14 bits per heavy atom. The summed E-state index contributed by atoms with van der Waals surface area (Å²) < 4.78 is 6.14. The fourth-order valence-electron chi connectivity index (χ4n) is 4.57. The fourth-order valence-corrected chi connectivity index (χ4v) is 5.49. The molecule has 7 heteroatoms. The van der Waals surface area contributed by atoms with E-state index in [0.717, 1.165) is 59.3 Å². The van der Waals surface area contributed by atoms with Crippen LogP contribution in [0.2, 0.25) is 5.02 Å². The molecule has 1 aromatic carbocycles. The summed E-state index contributed by atoms with van der Waals surface area (Å²) >= 11 is 8.24. The molecular weight excluding hydrogens is 406 g/mol. The van der Waals surface area contributed by atoms with Gasteiger partial charge in [-0.05, 0) is 47.4 Å². The Kier molecular flexibility index (Phi) is 4.56. The average molecular weight is 428 g/mol. The molecular formula is C22H22ClN3O2S. The van der Waals surface area contributed by atoms with Crippen molar-refractivity contribution in [2.24, 2.45) is 0 Å². The number of nitrogens with one attached hydrogen (secondary N) is 3. The number of furan rings is 1. The normalized spacial score (nSPS) is 17.6. The molecule has 150 valence electrons. The molecule has 0 radical (unpaired) electrons. The van der Waals surface area contributed by atoms with E-state index in [1.807, 2.05) is 22.9 Å². The molecule has 5 nitrogen and oxygen atoms in total. The Labute approximate surface area is 178 Å². The van der Waals surface area contributed by atoms with Crippen LogP contribution in [0, 0.1) is 0 Å². The minimum Gasteiger partial charge on any atom is -0.450 e. The average Bonchev–Trinajstić information content (AvgIpc) is 3.36. The van der Waals surface area contributed by atoms with Gasteiger partial charge in [-0.3, -0.25) is 4.79 Å². The van der Waals surface area contributed by atoms with E-state index in [2.05, 4.69) is 22.5 Å². The molecule has 2 aliphatic rings. The van der Waals surface area contributed by atoms with E-state index < -0.39 is 0 Å². The highest BCUT2D eigenvalue weighted by molar-refractivity contribution is 7.07. The highest BCUT2D eigenvalue weighted by Gasteiger charge is 2.42. The Morgan fingerprint density at radius 1 is 1.31 bits per heavy atom. The zero-order valence-electron chi connectivity index (χ0n) is 15.9. The topological polar surface area (TPSA) is 66.3 Å². The molecule has 1 fully saturated rings. The third-order valence-electron chi connectivity index (χ3n) is 5.87. The quantitative estimate of drug-likeness (QED) is 0.499. The van der Waals surface area contributed by atoms with E-state index in [9.17, 15) is 4.79 Å². The number of fused-ring (bicyclic) bond motifs is 4. The lowest BCUT2D eigenvalue weighted by Crippen LogP contribution is -2.48. The van der Waals surface area contributed by atoms with Crippen LogP contribution in [0.5, 0.6) is 0 Å². The van der Waals surface area contributed by atoms with Crippen LogP contribution in [0.1, 0.15) is 53.8 Å². The number of thiophene rings is 1. The number of carbonyl (C=O) groups is 1. The first-order valence-electron chi connectivity index (χ1n) is 9.86. The first kappa shape index (κ1) is 18.6. The predicted octanol–water partition coefficient (Wildman–Crippen LogP) is 5.72. The summed E-state index contributed by atoms with van der Waals surface area (Å²) in [5.74, 6) is 0.826. The summed E-state index contributed by atoms with van der Waals surface area (Å²) in [6.45, 7) is 4.57. The number of rotatable bonds is 3. The van der Waals surface area contributed by atoms with Crippen molar-refractivity contribution in [3.63, 3.8) is 0 Å². The van der Waals surface area contributed by atoms with Crippen molar-refractivity contribution in [3.8, 4) is 0 Å². The molecule has 1 spiro atoms. The van der Waals surface area contributed by atoms with E-state index in [0.29, 0.717) is 17.3 Å². The number of anilines is 1. The van der Waals surface area contributed by atoms with Crippen molar-refractivity contribution in [2.75, 3.05) is 5.32 Å². The molecule has 1 aliphatic carbocycles. The summed E-state index contributed by atoms with van der Waals surface area (Å²) in [7, 11) is 0. The monoisotopic (exact) mass is 427 g/mol. The second-order valence-electron chi connectivity index (χ2n) is 7.82. The maximum Gasteiger partial charge on any atom is 0.287 e. The fraction of sp³-hybridized carbons (Fsp3) is 0.318. The van der Waals surface area contributed by atoms with Crippen LogP contribution in [0.15, 0.2) is 45.8 Å². The lowest BCUT2D eigenvalue weighted by Gasteiger charge is -2.44. The zero-order chi connectivity index (χ0) is 20.0. The third kappa shape index (κ3) is 3.20. The molecule has 1 saturated carbocycles. The van der Waals surface area contributed by atoms with Crippen molar-refractivity contribution in [1.29, 1.82) is 0 Å². The van der Waals surface area contributed by atoms with Crippen LogP contribution in [-0.2, 0) is 12.1 Å².